The van der Waals surface area contributed by atoms with Gasteiger partial charge in [0.2, 0.25) is 0 Å². The van der Waals surface area contributed by atoms with Crippen LogP contribution in [0.4, 0.5) is 0 Å². The average molecular weight is 295 g/mol. The van der Waals surface area contributed by atoms with Gasteiger partial charge in [0.15, 0.2) is 9.84 Å². The molecule has 0 spiro atoms. The van der Waals surface area contributed by atoms with Crippen LogP contribution in [0.25, 0.3) is 0 Å². The van der Waals surface area contributed by atoms with Crippen molar-refractivity contribution in [3.63, 3.8) is 0 Å². The molecule has 0 amide bonds. The number of rotatable bonds is 11. The van der Waals surface area contributed by atoms with Gasteiger partial charge in [-0.15, -0.1) is 0 Å². The van der Waals surface area contributed by atoms with Gasteiger partial charge in [-0.1, -0.05) is 0 Å². The van der Waals surface area contributed by atoms with E-state index in [1.165, 1.54) is 0 Å². The molecule has 0 aromatic heterocycles. The topological polar surface area (TPSA) is 73.9 Å². The van der Waals surface area contributed by atoms with Crippen LogP contribution < -0.4 is 5.32 Å². The van der Waals surface area contributed by atoms with Gasteiger partial charge in [0.1, 0.15) is 0 Å². The first-order valence-electron chi connectivity index (χ1n) is 6.69. The molecular formula is C12H25NO5S. The van der Waals surface area contributed by atoms with Crippen molar-refractivity contribution in [1.82, 2.24) is 5.32 Å². The van der Waals surface area contributed by atoms with E-state index in [4.69, 9.17) is 14.2 Å². The van der Waals surface area contributed by atoms with Gasteiger partial charge in [-0.3, -0.25) is 0 Å². The quantitative estimate of drug-likeness (QED) is 0.527. The molecule has 0 aliphatic carbocycles. The van der Waals surface area contributed by atoms with Crippen LogP contribution in [-0.2, 0) is 24.0 Å². The summed E-state index contributed by atoms with van der Waals surface area (Å²) in [6, 6.07) is 0. The molecule has 1 rings (SSSR count). The normalized spacial score (nSPS) is 21.8. The molecule has 0 saturated carbocycles. The Labute approximate surface area is 115 Å². The molecule has 1 aliphatic rings. The van der Waals surface area contributed by atoms with E-state index in [-0.39, 0.29) is 5.92 Å². The zero-order chi connectivity index (χ0) is 14.0. The van der Waals surface area contributed by atoms with Gasteiger partial charge in [0.25, 0.3) is 0 Å². The van der Waals surface area contributed by atoms with Crippen LogP contribution in [0.3, 0.4) is 0 Å². The maximum atomic E-state index is 11.2. The van der Waals surface area contributed by atoms with E-state index in [9.17, 15) is 8.42 Å². The first-order valence-corrected chi connectivity index (χ1v) is 8.52. The van der Waals surface area contributed by atoms with E-state index in [0.717, 1.165) is 19.5 Å². The summed E-state index contributed by atoms with van der Waals surface area (Å²) >= 11 is 0. The minimum absolute atomic E-state index is 0.266. The van der Waals surface area contributed by atoms with Gasteiger partial charge in [-0.25, -0.2) is 8.42 Å². The highest BCUT2D eigenvalue weighted by Crippen LogP contribution is 2.16. The summed E-state index contributed by atoms with van der Waals surface area (Å²) in [4.78, 5) is 0. The second-order valence-corrected chi connectivity index (χ2v) is 6.92. The zero-order valence-corrected chi connectivity index (χ0v) is 12.4. The third-order valence-corrected chi connectivity index (χ3v) is 4.82. The summed E-state index contributed by atoms with van der Waals surface area (Å²) in [6.07, 6.45) is 0.781. The minimum atomic E-state index is -2.76. The fraction of sp³-hybridized carbons (Fsp3) is 1.00. The van der Waals surface area contributed by atoms with Gasteiger partial charge < -0.3 is 19.5 Å². The van der Waals surface area contributed by atoms with Crippen molar-refractivity contribution < 1.29 is 22.6 Å². The summed E-state index contributed by atoms with van der Waals surface area (Å²) in [6.45, 7) is 4.46. The lowest BCUT2D eigenvalue weighted by Crippen LogP contribution is -2.27. The van der Waals surface area contributed by atoms with E-state index in [1.807, 2.05) is 0 Å². The molecule has 1 unspecified atom stereocenters. The molecule has 1 saturated heterocycles. The SMILES string of the molecule is COCCOCCOCCNCC1CCS(=O)(=O)C1. The Morgan fingerprint density at radius 1 is 1.11 bits per heavy atom. The summed E-state index contributed by atoms with van der Waals surface area (Å²) in [5.41, 5.74) is 0. The third-order valence-electron chi connectivity index (χ3n) is 2.99. The first-order chi connectivity index (χ1) is 9.14. The van der Waals surface area contributed by atoms with Crippen molar-refractivity contribution in [3.8, 4) is 0 Å². The summed E-state index contributed by atoms with van der Waals surface area (Å²) in [5, 5.41) is 3.23. The highest BCUT2D eigenvalue weighted by Gasteiger charge is 2.27. The number of sulfone groups is 1. The van der Waals surface area contributed by atoms with Crippen LogP contribution in [-0.4, -0.2) is 73.2 Å². The molecule has 0 radical (unpaired) electrons. The molecule has 6 nitrogen and oxygen atoms in total. The van der Waals surface area contributed by atoms with E-state index in [1.54, 1.807) is 7.11 Å². The molecule has 1 heterocycles. The first kappa shape index (κ1) is 16.8. The Bertz CT molecular complexity index is 320. The molecule has 1 fully saturated rings. The Morgan fingerprint density at radius 2 is 1.79 bits per heavy atom. The van der Waals surface area contributed by atoms with Gasteiger partial charge >= 0.3 is 0 Å². The van der Waals surface area contributed by atoms with Crippen molar-refractivity contribution in [3.05, 3.63) is 0 Å². The predicted octanol–water partition coefficient (Wildman–Crippen LogP) is -0.310. The lowest BCUT2D eigenvalue weighted by atomic mass is 10.1. The summed E-state index contributed by atoms with van der Waals surface area (Å²) < 4.78 is 38.0. The molecule has 114 valence electrons. The lowest BCUT2D eigenvalue weighted by Gasteiger charge is -2.10. The molecule has 19 heavy (non-hydrogen) atoms. The lowest BCUT2D eigenvalue weighted by molar-refractivity contribution is 0.0255. The van der Waals surface area contributed by atoms with Crippen molar-refractivity contribution in [2.24, 2.45) is 5.92 Å². The molecule has 1 N–H and O–H groups in total. The van der Waals surface area contributed by atoms with Crippen molar-refractivity contribution in [2.75, 3.05) is 64.7 Å². The molecule has 1 aliphatic heterocycles. The van der Waals surface area contributed by atoms with Crippen molar-refractivity contribution in [1.29, 1.82) is 0 Å². The largest absolute Gasteiger partial charge is 0.382 e. The maximum Gasteiger partial charge on any atom is 0.150 e. The number of hydrogen-bond acceptors (Lipinski definition) is 6. The van der Waals surface area contributed by atoms with Crippen molar-refractivity contribution in [2.45, 2.75) is 6.42 Å². The zero-order valence-electron chi connectivity index (χ0n) is 11.6. The maximum absolute atomic E-state index is 11.2. The highest BCUT2D eigenvalue weighted by molar-refractivity contribution is 7.91. The van der Waals surface area contributed by atoms with Crippen LogP contribution in [0.2, 0.25) is 0 Å². The number of nitrogens with one attached hydrogen (secondary N) is 1. The van der Waals surface area contributed by atoms with Crippen LogP contribution in [0.1, 0.15) is 6.42 Å². The molecule has 7 heteroatoms. The minimum Gasteiger partial charge on any atom is -0.382 e. The predicted molar refractivity (Wildman–Crippen MR) is 73.1 cm³/mol. The second kappa shape index (κ2) is 9.66. The summed E-state index contributed by atoms with van der Waals surface area (Å²) in [7, 11) is -1.12. The van der Waals surface area contributed by atoms with Crippen LogP contribution in [0, 0.1) is 5.92 Å². The standard InChI is InChI=1S/C12H25NO5S/c1-16-5-6-18-8-7-17-4-3-13-10-12-2-9-19(14,15)11-12/h12-13H,2-11H2,1H3. The Hall–Kier alpha value is -0.210. The molecular weight excluding hydrogens is 270 g/mol. The highest BCUT2D eigenvalue weighted by atomic mass is 32.2. The van der Waals surface area contributed by atoms with E-state index in [0.29, 0.717) is 44.5 Å². The van der Waals surface area contributed by atoms with Gasteiger partial charge in [0.05, 0.1) is 44.5 Å². The average Bonchev–Trinajstić information content (AvgIpc) is 2.71. The van der Waals surface area contributed by atoms with E-state index < -0.39 is 9.84 Å². The monoisotopic (exact) mass is 295 g/mol. The van der Waals surface area contributed by atoms with Crippen LogP contribution in [0.5, 0.6) is 0 Å². The number of methoxy groups -OCH3 is 1. The smallest absolute Gasteiger partial charge is 0.150 e. The molecule has 0 aromatic carbocycles. The fourth-order valence-corrected chi connectivity index (χ4v) is 3.81. The van der Waals surface area contributed by atoms with Gasteiger partial charge in [-0.2, -0.15) is 0 Å². The van der Waals surface area contributed by atoms with Crippen LogP contribution >= 0.6 is 0 Å². The van der Waals surface area contributed by atoms with Gasteiger partial charge in [0, 0.05) is 13.7 Å². The van der Waals surface area contributed by atoms with E-state index in [2.05, 4.69) is 5.32 Å². The number of ether oxygens (including phenoxy) is 3. The van der Waals surface area contributed by atoms with Crippen molar-refractivity contribution >= 4 is 9.84 Å². The molecule has 0 aromatic rings. The summed E-state index contributed by atoms with van der Waals surface area (Å²) in [5.74, 6) is 0.936. The van der Waals surface area contributed by atoms with E-state index >= 15 is 0 Å². The Kier molecular flexibility index (Phi) is 8.56. The Morgan fingerprint density at radius 3 is 2.42 bits per heavy atom. The molecule has 1 atom stereocenters. The van der Waals surface area contributed by atoms with Gasteiger partial charge in [-0.05, 0) is 18.9 Å². The Balaban J connectivity index is 1.82. The number of hydrogen-bond donors (Lipinski definition) is 1. The molecule has 0 bridgehead atoms. The second-order valence-electron chi connectivity index (χ2n) is 4.69. The van der Waals surface area contributed by atoms with Crippen LogP contribution in [0.15, 0.2) is 0 Å². The fourth-order valence-electron chi connectivity index (χ4n) is 1.95. The third kappa shape index (κ3) is 8.54.